The van der Waals surface area contributed by atoms with E-state index in [4.69, 9.17) is 4.74 Å². The second-order valence-electron chi connectivity index (χ2n) is 4.38. The minimum atomic E-state index is -0.0628. The Hall–Kier alpha value is -1.31. The maximum Gasteiger partial charge on any atom is 0.308 e. The van der Waals surface area contributed by atoms with Crippen LogP contribution in [0.4, 0.5) is 0 Å². The van der Waals surface area contributed by atoms with Gasteiger partial charge in [-0.25, -0.2) is 0 Å². The van der Waals surface area contributed by atoms with E-state index in [9.17, 15) is 4.79 Å². The van der Waals surface area contributed by atoms with Gasteiger partial charge in [-0.3, -0.25) is 4.79 Å². The van der Waals surface area contributed by atoms with Crippen molar-refractivity contribution < 1.29 is 9.53 Å². The van der Waals surface area contributed by atoms with E-state index in [1.165, 1.54) is 5.56 Å². The van der Waals surface area contributed by atoms with Gasteiger partial charge in [-0.05, 0) is 31.7 Å². The highest BCUT2D eigenvalue weighted by molar-refractivity contribution is 5.71. The maximum absolute atomic E-state index is 11.4. The Morgan fingerprint density at radius 1 is 1.24 bits per heavy atom. The normalized spacial score (nSPS) is 12.1. The zero-order valence-corrected chi connectivity index (χ0v) is 10.8. The minimum absolute atomic E-state index is 0.0331. The summed E-state index contributed by atoms with van der Waals surface area (Å²) >= 11 is 0. The highest BCUT2D eigenvalue weighted by Gasteiger charge is 2.12. The number of carbonyl (C=O) groups excluding carboxylic acids is 1. The molecule has 0 bridgehead atoms. The summed E-state index contributed by atoms with van der Waals surface area (Å²) in [5.74, 6) is -0.0297. The van der Waals surface area contributed by atoms with Gasteiger partial charge in [0.05, 0.1) is 12.5 Å². The standard InChI is InChI=1S/C15H22O2/c1-3-17-15(16)13(2)9-7-8-12-14-10-5-4-6-11-14/h4-6,10-11,13H,3,7-9,12H2,1-2H3. The van der Waals surface area contributed by atoms with Crippen LogP contribution in [0.15, 0.2) is 30.3 Å². The molecule has 0 aliphatic rings. The molecule has 0 heterocycles. The molecule has 0 saturated heterocycles. The van der Waals surface area contributed by atoms with E-state index in [2.05, 4.69) is 24.3 Å². The quantitative estimate of drug-likeness (QED) is 0.532. The topological polar surface area (TPSA) is 26.3 Å². The average molecular weight is 234 g/mol. The molecule has 1 unspecified atom stereocenters. The van der Waals surface area contributed by atoms with Crippen molar-refractivity contribution in [1.29, 1.82) is 0 Å². The fourth-order valence-electron chi connectivity index (χ4n) is 1.83. The van der Waals surface area contributed by atoms with Crippen LogP contribution in [0.3, 0.4) is 0 Å². The fraction of sp³-hybridized carbons (Fsp3) is 0.533. The third-order valence-electron chi connectivity index (χ3n) is 2.88. The van der Waals surface area contributed by atoms with Gasteiger partial charge in [0, 0.05) is 0 Å². The first kappa shape index (κ1) is 13.8. The lowest BCUT2D eigenvalue weighted by atomic mass is 10.0. The lowest BCUT2D eigenvalue weighted by Gasteiger charge is -2.09. The van der Waals surface area contributed by atoms with Crippen molar-refractivity contribution in [2.45, 2.75) is 39.5 Å². The molecule has 0 aliphatic heterocycles. The smallest absolute Gasteiger partial charge is 0.308 e. The van der Waals surface area contributed by atoms with Gasteiger partial charge in [-0.2, -0.15) is 0 Å². The molecule has 0 saturated carbocycles. The van der Waals surface area contributed by atoms with Crippen LogP contribution in [0, 0.1) is 5.92 Å². The Kier molecular flexibility index (Phi) is 6.38. The number of carbonyl (C=O) groups is 1. The number of hydrogen-bond donors (Lipinski definition) is 0. The van der Waals surface area contributed by atoms with Gasteiger partial charge in [0.2, 0.25) is 0 Å². The first-order chi connectivity index (χ1) is 8.24. The summed E-state index contributed by atoms with van der Waals surface area (Å²) in [6.07, 6.45) is 4.23. The average Bonchev–Trinajstić information content (AvgIpc) is 2.36. The third kappa shape index (κ3) is 5.53. The van der Waals surface area contributed by atoms with Crippen molar-refractivity contribution in [3.8, 4) is 0 Å². The summed E-state index contributed by atoms with van der Waals surface area (Å²) < 4.78 is 4.98. The molecular formula is C15H22O2. The molecule has 1 aromatic rings. The number of aryl methyl sites for hydroxylation is 1. The molecule has 2 nitrogen and oxygen atoms in total. The first-order valence-electron chi connectivity index (χ1n) is 6.44. The van der Waals surface area contributed by atoms with E-state index in [1.54, 1.807) is 0 Å². The van der Waals surface area contributed by atoms with E-state index in [0.717, 1.165) is 25.7 Å². The number of esters is 1. The van der Waals surface area contributed by atoms with Crippen LogP contribution in [-0.2, 0) is 16.0 Å². The largest absolute Gasteiger partial charge is 0.466 e. The Morgan fingerprint density at radius 2 is 1.94 bits per heavy atom. The molecule has 1 rings (SSSR count). The van der Waals surface area contributed by atoms with E-state index < -0.39 is 0 Å². The zero-order valence-electron chi connectivity index (χ0n) is 10.8. The molecule has 94 valence electrons. The number of rotatable bonds is 7. The molecule has 0 radical (unpaired) electrons. The highest BCUT2D eigenvalue weighted by Crippen LogP contribution is 2.12. The molecular weight excluding hydrogens is 212 g/mol. The molecule has 1 aromatic carbocycles. The van der Waals surface area contributed by atoms with Crippen molar-refractivity contribution in [2.24, 2.45) is 5.92 Å². The number of ether oxygens (including phenoxy) is 1. The molecule has 0 fully saturated rings. The molecule has 0 amide bonds. The van der Waals surface area contributed by atoms with Crippen molar-refractivity contribution in [2.75, 3.05) is 6.61 Å². The van der Waals surface area contributed by atoms with E-state index in [1.807, 2.05) is 19.9 Å². The number of unbranched alkanes of at least 4 members (excludes halogenated alkanes) is 1. The summed E-state index contributed by atoms with van der Waals surface area (Å²) in [5, 5.41) is 0. The van der Waals surface area contributed by atoms with Crippen LogP contribution < -0.4 is 0 Å². The molecule has 0 spiro atoms. The summed E-state index contributed by atoms with van der Waals surface area (Å²) in [4.78, 5) is 11.4. The second-order valence-corrected chi connectivity index (χ2v) is 4.38. The lowest BCUT2D eigenvalue weighted by Crippen LogP contribution is -2.14. The predicted molar refractivity (Wildman–Crippen MR) is 69.8 cm³/mol. The van der Waals surface area contributed by atoms with Gasteiger partial charge in [-0.1, -0.05) is 43.7 Å². The molecule has 2 heteroatoms. The first-order valence-corrected chi connectivity index (χ1v) is 6.44. The minimum Gasteiger partial charge on any atom is -0.466 e. The molecule has 0 aromatic heterocycles. The van der Waals surface area contributed by atoms with E-state index in [-0.39, 0.29) is 11.9 Å². The van der Waals surface area contributed by atoms with Crippen LogP contribution in [0.1, 0.15) is 38.7 Å². The van der Waals surface area contributed by atoms with Gasteiger partial charge in [0.15, 0.2) is 0 Å². The number of hydrogen-bond acceptors (Lipinski definition) is 2. The Bertz CT molecular complexity index is 319. The molecule has 1 atom stereocenters. The van der Waals surface area contributed by atoms with Gasteiger partial charge in [-0.15, -0.1) is 0 Å². The van der Waals surface area contributed by atoms with Crippen LogP contribution in [0.2, 0.25) is 0 Å². The van der Waals surface area contributed by atoms with Crippen LogP contribution in [-0.4, -0.2) is 12.6 Å². The summed E-state index contributed by atoms with van der Waals surface area (Å²) in [6, 6.07) is 10.5. The van der Waals surface area contributed by atoms with Crippen molar-refractivity contribution in [3.05, 3.63) is 35.9 Å². The van der Waals surface area contributed by atoms with Gasteiger partial charge in [0.1, 0.15) is 0 Å². The van der Waals surface area contributed by atoms with Gasteiger partial charge >= 0.3 is 5.97 Å². The summed E-state index contributed by atoms with van der Waals surface area (Å²) in [7, 11) is 0. The summed E-state index contributed by atoms with van der Waals surface area (Å²) in [5.41, 5.74) is 1.37. The summed E-state index contributed by atoms with van der Waals surface area (Å²) in [6.45, 7) is 4.27. The van der Waals surface area contributed by atoms with Crippen LogP contribution in [0.25, 0.3) is 0 Å². The van der Waals surface area contributed by atoms with Gasteiger partial charge in [0.25, 0.3) is 0 Å². The lowest BCUT2D eigenvalue weighted by molar-refractivity contribution is -0.147. The van der Waals surface area contributed by atoms with Crippen LogP contribution >= 0.6 is 0 Å². The monoisotopic (exact) mass is 234 g/mol. The molecule has 17 heavy (non-hydrogen) atoms. The maximum atomic E-state index is 11.4. The van der Waals surface area contributed by atoms with Crippen molar-refractivity contribution in [1.82, 2.24) is 0 Å². The predicted octanol–water partition coefficient (Wildman–Crippen LogP) is 3.60. The SMILES string of the molecule is CCOC(=O)C(C)CCCCc1ccccc1. The second kappa shape index (κ2) is 7.88. The fourth-order valence-corrected chi connectivity index (χ4v) is 1.83. The van der Waals surface area contributed by atoms with E-state index >= 15 is 0 Å². The zero-order chi connectivity index (χ0) is 12.5. The highest BCUT2D eigenvalue weighted by atomic mass is 16.5. The number of benzene rings is 1. The van der Waals surface area contributed by atoms with Crippen LogP contribution in [0.5, 0.6) is 0 Å². The van der Waals surface area contributed by atoms with Crippen molar-refractivity contribution >= 4 is 5.97 Å². The van der Waals surface area contributed by atoms with Gasteiger partial charge < -0.3 is 4.74 Å². The Labute approximate surface area is 104 Å². The van der Waals surface area contributed by atoms with Crippen molar-refractivity contribution in [3.63, 3.8) is 0 Å². The van der Waals surface area contributed by atoms with E-state index in [0.29, 0.717) is 6.61 Å². The Balaban J connectivity index is 2.14. The molecule has 0 aliphatic carbocycles. The third-order valence-corrected chi connectivity index (χ3v) is 2.88. The Morgan fingerprint density at radius 3 is 2.59 bits per heavy atom. The molecule has 0 N–H and O–H groups in total.